The lowest BCUT2D eigenvalue weighted by Gasteiger charge is -2.42. The van der Waals surface area contributed by atoms with Gasteiger partial charge in [0, 0.05) is 18.0 Å². The van der Waals surface area contributed by atoms with E-state index < -0.39 is 17.5 Å². The Morgan fingerprint density at radius 3 is 2.66 bits per heavy atom. The summed E-state index contributed by atoms with van der Waals surface area (Å²) in [6, 6.07) is 12.1. The number of urea groups is 1. The number of ether oxygens (including phenoxy) is 1. The Morgan fingerprint density at radius 2 is 1.97 bits per heavy atom. The summed E-state index contributed by atoms with van der Waals surface area (Å²) in [5.74, 6) is 0.368. The van der Waals surface area contributed by atoms with E-state index in [0.29, 0.717) is 36.8 Å². The van der Waals surface area contributed by atoms with E-state index >= 15 is 0 Å². The molecule has 0 unspecified atom stereocenters. The first-order chi connectivity index (χ1) is 16.7. The van der Waals surface area contributed by atoms with Gasteiger partial charge in [0.05, 0.1) is 5.69 Å². The maximum Gasteiger partial charge on any atom is 0.325 e. The zero-order chi connectivity index (χ0) is 25.1. The van der Waals surface area contributed by atoms with Crippen molar-refractivity contribution < 1.29 is 19.1 Å². The first-order valence-electron chi connectivity index (χ1n) is 12.3. The summed E-state index contributed by atoms with van der Waals surface area (Å²) in [5.41, 5.74) is 0.652. The van der Waals surface area contributed by atoms with Crippen LogP contribution in [0.3, 0.4) is 0 Å². The fraction of sp³-hybridized carbons (Fsp3) is 0.481. The lowest BCUT2D eigenvalue weighted by molar-refractivity contribution is -0.135. The van der Waals surface area contributed by atoms with Crippen LogP contribution in [0.15, 0.2) is 48.7 Å². The maximum atomic E-state index is 13.2. The molecule has 0 atom stereocenters. The van der Waals surface area contributed by atoms with Gasteiger partial charge in [-0.3, -0.25) is 19.5 Å². The molecule has 1 aliphatic carbocycles. The highest BCUT2D eigenvalue weighted by Gasteiger charge is 2.53. The van der Waals surface area contributed by atoms with Crippen molar-refractivity contribution in [2.45, 2.75) is 65.0 Å². The highest BCUT2D eigenvalue weighted by atomic mass is 16.5. The topological polar surface area (TPSA) is 101 Å². The first-order valence-corrected chi connectivity index (χ1v) is 12.3. The largest absolute Gasteiger partial charge is 0.487 e. The highest BCUT2D eigenvalue weighted by Crippen LogP contribution is 2.45. The van der Waals surface area contributed by atoms with Crippen molar-refractivity contribution in [1.29, 1.82) is 0 Å². The molecule has 1 aliphatic heterocycles. The molecule has 2 aromatic rings. The van der Waals surface area contributed by atoms with Crippen molar-refractivity contribution in [3.63, 3.8) is 0 Å². The van der Waals surface area contributed by atoms with Gasteiger partial charge in [-0.25, -0.2) is 4.79 Å². The molecule has 4 amide bonds. The first kappa shape index (κ1) is 24.7. The zero-order valence-corrected chi connectivity index (χ0v) is 20.7. The average molecular weight is 479 g/mol. The lowest BCUT2D eigenvalue weighted by Crippen LogP contribution is -2.51. The summed E-state index contributed by atoms with van der Waals surface area (Å²) in [5, 5.41) is 5.67. The van der Waals surface area contributed by atoms with Gasteiger partial charge < -0.3 is 15.4 Å². The van der Waals surface area contributed by atoms with Crippen LogP contribution in [0.4, 0.5) is 10.5 Å². The number of carbonyl (C=O) groups is 3. The summed E-state index contributed by atoms with van der Waals surface area (Å²) in [4.78, 5) is 43.8. The molecule has 35 heavy (non-hydrogen) atoms. The minimum absolute atomic E-state index is 0.211. The molecule has 8 nitrogen and oxygen atoms in total. The van der Waals surface area contributed by atoms with Gasteiger partial charge in [-0.05, 0) is 61.3 Å². The van der Waals surface area contributed by atoms with Gasteiger partial charge in [-0.2, -0.15) is 0 Å². The van der Waals surface area contributed by atoms with Gasteiger partial charge in [0.25, 0.3) is 5.91 Å². The van der Waals surface area contributed by atoms with Crippen LogP contribution in [0.25, 0.3) is 0 Å². The number of nitrogens with zero attached hydrogens (tertiary/aromatic N) is 2. The van der Waals surface area contributed by atoms with Gasteiger partial charge in [0.2, 0.25) is 5.91 Å². The molecular weight excluding hydrogens is 444 g/mol. The standard InChI is InChI=1S/C27H34N4O4/c1-4-26(2,3)19-11-13-27(14-12-19)24(33)31(25(34)30-27)17-23(32)29-20-9-7-10-22(16-20)35-18-21-8-5-6-15-28-21/h5-10,15-16,19H,4,11-14,17-18H2,1-3H3,(H,29,32)(H,30,34). The van der Waals surface area contributed by atoms with Crippen molar-refractivity contribution >= 4 is 23.5 Å². The van der Waals surface area contributed by atoms with Gasteiger partial charge in [0.15, 0.2) is 0 Å². The summed E-state index contributed by atoms with van der Waals surface area (Å²) in [7, 11) is 0. The molecule has 1 aromatic heterocycles. The van der Waals surface area contributed by atoms with Gasteiger partial charge in [-0.15, -0.1) is 0 Å². The van der Waals surface area contributed by atoms with E-state index in [-0.39, 0.29) is 17.9 Å². The quantitative estimate of drug-likeness (QED) is 0.544. The van der Waals surface area contributed by atoms with Crippen LogP contribution >= 0.6 is 0 Å². The third kappa shape index (κ3) is 5.47. The fourth-order valence-corrected chi connectivity index (χ4v) is 4.99. The number of imide groups is 1. The van der Waals surface area contributed by atoms with E-state index in [2.05, 4.69) is 36.4 Å². The van der Waals surface area contributed by atoms with Crippen molar-refractivity contribution in [3.05, 3.63) is 54.4 Å². The highest BCUT2D eigenvalue weighted by molar-refractivity contribution is 6.10. The molecule has 4 rings (SSSR count). The maximum absolute atomic E-state index is 13.2. The summed E-state index contributed by atoms with van der Waals surface area (Å²) >= 11 is 0. The van der Waals surface area contributed by atoms with Gasteiger partial charge >= 0.3 is 6.03 Å². The van der Waals surface area contributed by atoms with E-state index in [9.17, 15) is 14.4 Å². The molecule has 1 aromatic carbocycles. The molecule has 1 saturated carbocycles. The summed E-state index contributed by atoms with van der Waals surface area (Å²) in [6.45, 7) is 6.70. The molecule has 2 heterocycles. The number of hydrogen-bond acceptors (Lipinski definition) is 5. The number of rotatable bonds is 8. The minimum Gasteiger partial charge on any atom is -0.487 e. The number of hydrogen-bond donors (Lipinski definition) is 2. The van der Waals surface area contributed by atoms with Crippen LogP contribution in [0, 0.1) is 11.3 Å². The molecule has 2 fully saturated rings. The van der Waals surface area contributed by atoms with Crippen LogP contribution in [0.5, 0.6) is 5.75 Å². The third-order valence-corrected chi connectivity index (χ3v) is 7.63. The SMILES string of the molecule is CCC(C)(C)C1CCC2(CC1)NC(=O)N(CC(=O)Nc1cccc(OCc3ccccn3)c1)C2=O. The Bertz CT molecular complexity index is 1080. The molecule has 8 heteroatoms. The number of nitrogens with one attached hydrogen (secondary N) is 2. The number of aromatic nitrogens is 1. The van der Waals surface area contributed by atoms with Crippen LogP contribution < -0.4 is 15.4 Å². The Hall–Kier alpha value is -3.42. The Balaban J connectivity index is 1.33. The van der Waals surface area contributed by atoms with Gasteiger partial charge in [-0.1, -0.05) is 39.3 Å². The number of benzene rings is 1. The molecule has 0 radical (unpaired) electrons. The normalized spacial score (nSPS) is 22.3. The minimum atomic E-state index is -0.878. The zero-order valence-electron chi connectivity index (χ0n) is 20.7. The second kappa shape index (κ2) is 10.1. The molecule has 2 N–H and O–H groups in total. The van der Waals surface area contributed by atoms with E-state index in [4.69, 9.17) is 4.74 Å². The van der Waals surface area contributed by atoms with Crippen LogP contribution in [0.2, 0.25) is 0 Å². The van der Waals surface area contributed by atoms with E-state index in [0.717, 1.165) is 29.9 Å². The van der Waals surface area contributed by atoms with Crippen molar-refractivity contribution in [1.82, 2.24) is 15.2 Å². The van der Waals surface area contributed by atoms with Crippen molar-refractivity contribution in [3.8, 4) is 5.75 Å². The Labute approximate surface area is 206 Å². The van der Waals surface area contributed by atoms with Crippen molar-refractivity contribution in [2.75, 3.05) is 11.9 Å². The van der Waals surface area contributed by atoms with Crippen LogP contribution in [-0.4, -0.2) is 39.8 Å². The Kier molecular flexibility index (Phi) is 7.10. The second-order valence-electron chi connectivity index (χ2n) is 10.2. The molecule has 0 bridgehead atoms. The number of carbonyl (C=O) groups excluding carboxylic acids is 3. The molecular formula is C27H34N4O4. The van der Waals surface area contributed by atoms with Gasteiger partial charge in [0.1, 0.15) is 24.4 Å². The monoisotopic (exact) mass is 478 g/mol. The Morgan fingerprint density at radius 1 is 1.20 bits per heavy atom. The summed E-state index contributed by atoms with van der Waals surface area (Å²) < 4.78 is 5.76. The number of amides is 4. The predicted octanol–water partition coefficient (Wildman–Crippen LogP) is 4.52. The second-order valence-corrected chi connectivity index (χ2v) is 10.2. The summed E-state index contributed by atoms with van der Waals surface area (Å²) in [6.07, 6.45) is 5.77. The number of anilines is 1. The lowest BCUT2D eigenvalue weighted by atomic mass is 9.65. The van der Waals surface area contributed by atoms with E-state index in [1.54, 1.807) is 30.5 Å². The molecule has 186 valence electrons. The van der Waals surface area contributed by atoms with E-state index in [1.807, 2.05) is 18.2 Å². The third-order valence-electron chi connectivity index (χ3n) is 7.63. The number of pyridine rings is 1. The predicted molar refractivity (Wildman–Crippen MR) is 133 cm³/mol. The molecule has 2 aliphatic rings. The van der Waals surface area contributed by atoms with Crippen molar-refractivity contribution in [2.24, 2.45) is 11.3 Å². The van der Waals surface area contributed by atoms with Crippen LogP contribution in [-0.2, 0) is 16.2 Å². The van der Waals surface area contributed by atoms with E-state index in [1.165, 1.54) is 0 Å². The average Bonchev–Trinajstić information content (AvgIpc) is 3.07. The molecule has 1 spiro atoms. The van der Waals surface area contributed by atoms with Crippen LogP contribution in [0.1, 0.15) is 58.6 Å². The molecule has 1 saturated heterocycles. The smallest absolute Gasteiger partial charge is 0.325 e. The fourth-order valence-electron chi connectivity index (χ4n) is 4.99.